The number of fused-ring (bicyclic) bond motifs is 1. The number of nitrogens with zero attached hydrogens (tertiary/aromatic N) is 2. The Morgan fingerprint density at radius 3 is 2.82 bits per heavy atom. The molecule has 0 spiro atoms. The minimum absolute atomic E-state index is 0.159. The van der Waals surface area contributed by atoms with Gasteiger partial charge in [-0.15, -0.1) is 0 Å². The van der Waals surface area contributed by atoms with Crippen LogP contribution in [0.5, 0.6) is 0 Å². The minimum atomic E-state index is -1.40. The molecule has 10 nitrogen and oxygen atoms in total. The van der Waals surface area contributed by atoms with Crippen molar-refractivity contribution in [3.8, 4) is 0 Å². The Morgan fingerprint density at radius 2 is 2.23 bits per heavy atom. The Balaban J connectivity index is 2.24. The number of nitrogens with two attached hydrogens (primary N) is 1. The Labute approximate surface area is 123 Å². The van der Waals surface area contributed by atoms with Crippen LogP contribution in [0.1, 0.15) is 16.8 Å². The predicted molar refractivity (Wildman–Crippen MR) is 71.5 cm³/mol. The first-order chi connectivity index (χ1) is 10.5. The van der Waals surface area contributed by atoms with Crippen molar-refractivity contribution < 1.29 is 24.9 Å². The van der Waals surface area contributed by atoms with Gasteiger partial charge in [0.15, 0.2) is 11.7 Å². The molecule has 0 radical (unpaired) electrons. The average Bonchev–Trinajstić information content (AvgIpc) is 3.07. The number of nitrogens with one attached hydrogen (secondary N) is 2. The molecule has 3 rings (SSSR count). The molecule has 1 saturated heterocycles. The van der Waals surface area contributed by atoms with Crippen LogP contribution in [0.3, 0.4) is 0 Å². The lowest BCUT2D eigenvalue weighted by atomic mass is 10.1. The van der Waals surface area contributed by atoms with Crippen LogP contribution in [0.4, 0.5) is 0 Å². The van der Waals surface area contributed by atoms with Gasteiger partial charge in [0, 0.05) is 6.20 Å². The summed E-state index contributed by atoms with van der Waals surface area (Å²) in [6.07, 6.45) is -3.38. The Kier molecular flexibility index (Phi) is 3.45. The maximum absolute atomic E-state index is 11.6. The van der Waals surface area contributed by atoms with Gasteiger partial charge in [-0.1, -0.05) is 0 Å². The van der Waals surface area contributed by atoms with E-state index in [0.717, 1.165) is 0 Å². The standard InChI is InChI=1S/C12H15N5O5/c13-8-4-1-2-15-10(4)17(11(16-8)9(14)21)12-7(20)6(19)5(3-18)22-12/h1-2,5-7,12-13,15,18-20H,3H2,(H2,14,21)/t5-,6-,7-,12-/m1/s1. The quantitative estimate of drug-likeness (QED) is 0.367. The number of aliphatic hydroxyl groups excluding tert-OH is 3. The summed E-state index contributed by atoms with van der Waals surface area (Å²) < 4.78 is 6.61. The van der Waals surface area contributed by atoms with Gasteiger partial charge in [0.25, 0.3) is 5.91 Å². The van der Waals surface area contributed by atoms with Gasteiger partial charge in [-0.3, -0.25) is 14.8 Å². The normalized spacial score (nSPS) is 28.3. The van der Waals surface area contributed by atoms with Crippen LogP contribution in [0.25, 0.3) is 11.0 Å². The van der Waals surface area contributed by atoms with Gasteiger partial charge >= 0.3 is 0 Å². The van der Waals surface area contributed by atoms with Crippen molar-refractivity contribution in [1.82, 2.24) is 14.5 Å². The van der Waals surface area contributed by atoms with E-state index in [9.17, 15) is 15.0 Å². The molecule has 0 aromatic carbocycles. The van der Waals surface area contributed by atoms with Gasteiger partial charge in [-0.05, 0) is 6.07 Å². The number of aliphatic hydroxyl groups is 3. The number of amides is 1. The third-order valence-electron chi connectivity index (χ3n) is 3.66. The summed E-state index contributed by atoms with van der Waals surface area (Å²) >= 11 is 0. The Bertz CT molecular complexity index is 784. The molecule has 1 aliphatic heterocycles. The highest BCUT2D eigenvalue weighted by Crippen LogP contribution is 2.31. The zero-order valence-electron chi connectivity index (χ0n) is 11.3. The van der Waals surface area contributed by atoms with Crippen LogP contribution in [0, 0.1) is 5.41 Å². The second-order valence-corrected chi connectivity index (χ2v) is 4.99. The fourth-order valence-corrected chi connectivity index (χ4v) is 2.59. The maximum Gasteiger partial charge on any atom is 0.284 e. The van der Waals surface area contributed by atoms with E-state index in [1.807, 2.05) is 0 Å². The van der Waals surface area contributed by atoms with Crippen LogP contribution < -0.4 is 11.2 Å². The molecule has 0 aliphatic carbocycles. The number of hydrogen-bond donors (Lipinski definition) is 6. The summed E-state index contributed by atoms with van der Waals surface area (Å²) in [6.45, 7) is -0.501. The van der Waals surface area contributed by atoms with Crippen LogP contribution in [0.15, 0.2) is 12.3 Å². The molecule has 0 saturated carbocycles. The summed E-state index contributed by atoms with van der Waals surface area (Å²) in [5.74, 6) is -1.21. The fourth-order valence-electron chi connectivity index (χ4n) is 2.59. The second-order valence-electron chi connectivity index (χ2n) is 4.99. The largest absolute Gasteiger partial charge is 0.394 e. The zero-order valence-corrected chi connectivity index (χ0v) is 11.3. The number of carbonyl (C=O) groups is 1. The first-order valence-electron chi connectivity index (χ1n) is 6.52. The maximum atomic E-state index is 11.6. The SMILES string of the molecule is N=c1nc(C(N)=O)n([C@@H]2O[C@H](CO)[C@@H](O)[C@H]2O)c2[nH]ccc12. The lowest BCUT2D eigenvalue weighted by Crippen LogP contribution is -2.35. The number of ether oxygens (including phenoxy) is 1. The smallest absolute Gasteiger partial charge is 0.284 e. The molecule has 7 N–H and O–H groups in total. The van der Waals surface area contributed by atoms with Gasteiger partial charge in [0.2, 0.25) is 5.82 Å². The molecule has 10 heteroatoms. The molecule has 3 heterocycles. The molecule has 2 aromatic rings. The van der Waals surface area contributed by atoms with Crippen molar-refractivity contribution in [2.75, 3.05) is 6.61 Å². The van der Waals surface area contributed by atoms with Gasteiger partial charge in [-0.25, -0.2) is 4.98 Å². The molecular weight excluding hydrogens is 294 g/mol. The van der Waals surface area contributed by atoms with Crippen LogP contribution in [-0.2, 0) is 4.74 Å². The van der Waals surface area contributed by atoms with Gasteiger partial charge in [-0.2, -0.15) is 0 Å². The number of aromatic nitrogens is 3. The molecule has 0 bridgehead atoms. The van der Waals surface area contributed by atoms with Crippen molar-refractivity contribution >= 4 is 16.9 Å². The number of carbonyl (C=O) groups excluding carboxylic acids is 1. The average molecular weight is 309 g/mol. The molecule has 2 aromatic heterocycles. The Hall–Kier alpha value is -2.27. The van der Waals surface area contributed by atoms with E-state index < -0.39 is 37.1 Å². The molecule has 22 heavy (non-hydrogen) atoms. The molecule has 4 atom stereocenters. The molecule has 1 amide bonds. The monoisotopic (exact) mass is 309 g/mol. The van der Waals surface area contributed by atoms with Crippen LogP contribution in [-0.4, -0.2) is 60.7 Å². The van der Waals surface area contributed by atoms with E-state index in [1.54, 1.807) is 6.07 Å². The second kappa shape index (κ2) is 5.18. The number of H-pyrrole nitrogens is 1. The summed E-state index contributed by atoms with van der Waals surface area (Å²) in [5, 5.41) is 37.4. The predicted octanol–water partition coefficient (Wildman–Crippen LogP) is -2.45. The van der Waals surface area contributed by atoms with E-state index in [4.69, 9.17) is 21.0 Å². The number of aromatic amines is 1. The van der Waals surface area contributed by atoms with Crippen molar-refractivity contribution in [2.24, 2.45) is 5.73 Å². The number of rotatable bonds is 3. The lowest BCUT2D eigenvalue weighted by molar-refractivity contribution is -0.0522. The van der Waals surface area contributed by atoms with E-state index in [1.165, 1.54) is 10.8 Å². The molecule has 0 unspecified atom stereocenters. The zero-order chi connectivity index (χ0) is 16.0. The summed E-state index contributed by atoms with van der Waals surface area (Å²) in [6, 6.07) is 1.58. The van der Waals surface area contributed by atoms with E-state index >= 15 is 0 Å². The summed E-state index contributed by atoms with van der Waals surface area (Å²) in [7, 11) is 0. The first-order valence-corrected chi connectivity index (χ1v) is 6.52. The van der Waals surface area contributed by atoms with Crippen molar-refractivity contribution in [1.29, 1.82) is 5.41 Å². The molecule has 1 aliphatic rings. The lowest BCUT2D eigenvalue weighted by Gasteiger charge is -2.21. The van der Waals surface area contributed by atoms with Crippen LogP contribution >= 0.6 is 0 Å². The summed E-state index contributed by atoms with van der Waals surface area (Å²) in [5.41, 5.74) is 5.43. The first kappa shape index (κ1) is 14.7. The van der Waals surface area contributed by atoms with E-state index in [-0.39, 0.29) is 11.3 Å². The summed E-state index contributed by atoms with van der Waals surface area (Å²) in [4.78, 5) is 18.3. The highest BCUT2D eigenvalue weighted by atomic mass is 16.6. The van der Waals surface area contributed by atoms with Gasteiger partial charge in [0.05, 0.1) is 12.0 Å². The van der Waals surface area contributed by atoms with Crippen molar-refractivity contribution in [2.45, 2.75) is 24.5 Å². The van der Waals surface area contributed by atoms with Crippen molar-refractivity contribution in [3.05, 3.63) is 23.6 Å². The fraction of sp³-hybridized carbons (Fsp3) is 0.417. The molecule has 118 valence electrons. The number of primary amides is 1. The highest BCUT2D eigenvalue weighted by molar-refractivity contribution is 5.91. The Morgan fingerprint density at radius 1 is 1.50 bits per heavy atom. The molecular formula is C12H15N5O5. The van der Waals surface area contributed by atoms with Crippen LogP contribution in [0.2, 0.25) is 0 Å². The van der Waals surface area contributed by atoms with E-state index in [0.29, 0.717) is 11.0 Å². The van der Waals surface area contributed by atoms with E-state index in [2.05, 4.69) is 9.97 Å². The molecule has 1 fully saturated rings. The minimum Gasteiger partial charge on any atom is -0.394 e. The van der Waals surface area contributed by atoms with Gasteiger partial charge < -0.3 is 30.8 Å². The number of hydrogen-bond acceptors (Lipinski definition) is 7. The third-order valence-corrected chi connectivity index (χ3v) is 3.66. The highest BCUT2D eigenvalue weighted by Gasteiger charge is 2.44. The van der Waals surface area contributed by atoms with Crippen molar-refractivity contribution in [3.63, 3.8) is 0 Å². The topological polar surface area (TPSA) is 170 Å². The third kappa shape index (κ3) is 2.01. The van der Waals surface area contributed by atoms with Gasteiger partial charge in [0.1, 0.15) is 24.0 Å².